The fraction of sp³-hybridized carbons (Fsp3) is 0.333. The first kappa shape index (κ1) is 22.8. The minimum absolute atomic E-state index is 0.392. The van der Waals surface area contributed by atoms with Gasteiger partial charge in [0.25, 0.3) is 0 Å². The van der Waals surface area contributed by atoms with Gasteiger partial charge in [0.1, 0.15) is 18.8 Å². The lowest BCUT2D eigenvalue weighted by Crippen LogP contribution is -2.76. The van der Waals surface area contributed by atoms with Crippen molar-refractivity contribution in [3.63, 3.8) is 0 Å². The first-order chi connectivity index (χ1) is 14.6. The topological polar surface area (TPSA) is 191 Å². The molecule has 10 heteroatoms. The van der Waals surface area contributed by atoms with Gasteiger partial charge in [-0.05, 0) is 22.3 Å². The summed E-state index contributed by atoms with van der Waals surface area (Å²) in [5.41, 5.74) is 1.39. The molecule has 0 fully saturated rings. The number of hydrogen-bond donors (Lipinski definition) is 7. The molecule has 1 aliphatic carbocycles. The number of hydrogen-bond acceptors (Lipinski definition) is 9. The highest BCUT2D eigenvalue weighted by atomic mass is 16.6. The molecule has 0 aliphatic heterocycles. The summed E-state index contributed by atoms with van der Waals surface area (Å²) < 4.78 is 5.05. The number of carbonyl (C=O) groups excluding carboxylic acids is 1. The van der Waals surface area contributed by atoms with Crippen LogP contribution in [0.1, 0.15) is 17.0 Å². The zero-order valence-corrected chi connectivity index (χ0v) is 16.3. The molecule has 0 radical (unpaired) electrons. The van der Waals surface area contributed by atoms with Crippen LogP contribution in [-0.2, 0) is 14.3 Å². The number of aliphatic hydroxyl groups is 5. The number of nitrogens with two attached hydrogens (primary N) is 1. The maximum absolute atomic E-state index is 12.6. The first-order valence-electron chi connectivity index (χ1n) is 9.36. The lowest BCUT2D eigenvalue weighted by molar-refractivity contribution is -0.238. The Bertz CT molecular complexity index is 947. The van der Waals surface area contributed by atoms with Crippen molar-refractivity contribution in [3.8, 4) is 11.1 Å². The van der Waals surface area contributed by atoms with Crippen LogP contribution in [0.2, 0.25) is 0 Å². The Kier molecular flexibility index (Phi) is 6.14. The molecule has 0 saturated heterocycles. The van der Waals surface area contributed by atoms with Crippen molar-refractivity contribution in [1.29, 1.82) is 0 Å². The molecule has 1 aliphatic rings. The van der Waals surface area contributed by atoms with E-state index in [9.17, 15) is 35.1 Å². The third-order valence-electron chi connectivity index (χ3n) is 5.53. The maximum atomic E-state index is 12.6. The predicted octanol–water partition coefficient (Wildman–Crippen LogP) is -1.48. The SMILES string of the molecule is N[C@](O)([C@H](O)[C@H](O)CO)[C@](O)(C(=O)O)C(=O)OCC1c2ccccc2-c2ccccc21. The molecule has 0 bridgehead atoms. The van der Waals surface area contributed by atoms with Gasteiger partial charge in [-0.1, -0.05) is 48.5 Å². The number of carboxylic acids is 1. The van der Waals surface area contributed by atoms with E-state index in [0.29, 0.717) is 0 Å². The van der Waals surface area contributed by atoms with Crippen molar-refractivity contribution < 1.29 is 45.0 Å². The largest absolute Gasteiger partial charge is 0.479 e. The van der Waals surface area contributed by atoms with Crippen molar-refractivity contribution in [2.24, 2.45) is 5.73 Å². The molecule has 8 N–H and O–H groups in total. The van der Waals surface area contributed by atoms with Gasteiger partial charge in [0.05, 0.1) is 6.61 Å². The molecule has 2 aromatic rings. The molecule has 0 unspecified atom stereocenters. The molecule has 2 aromatic carbocycles. The van der Waals surface area contributed by atoms with Gasteiger partial charge in [-0.15, -0.1) is 0 Å². The predicted molar refractivity (Wildman–Crippen MR) is 106 cm³/mol. The van der Waals surface area contributed by atoms with Crippen molar-refractivity contribution in [2.75, 3.05) is 13.2 Å². The zero-order valence-electron chi connectivity index (χ0n) is 16.3. The Hall–Kier alpha value is -2.86. The summed E-state index contributed by atoms with van der Waals surface area (Å²) in [6.45, 7) is -1.52. The Morgan fingerprint density at radius 2 is 1.48 bits per heavy atom. The van der Waals surface area contributed by atoms with Crippen molar-refractivity contribution >= 4 is 11.9 Å². The van der Waals surface area contributed by atoms with Crippen LogP contribution in [0.15, 0.2) is 48.5 Å². The highest BCUT2D eigenvalue weighted by Crippen LogP contribution is 2.44. The number of benzene rings is 2. The fourth-order valence-electron chi connectivity index (χ4n) is 3.73. The molecule has 10 nitrogen and oxygen atoms in total. The monoisotopic (exact) mass is 433 g/mol. The van der Waals surface area contributed by atoms with Gasteiger partial charge in [-0.3, -0.25) is 5.73 Å². The van der Waals surface area contributed by atoms with E-state index < -0.39 is 54.6 Å². The Balaban J connectivity index is 1.89. The van der Waals surface area contributed by atoms with Gasteiger partial charge in [0, 0.05) is 5.92 Å². The molecule has 0 amide bonds. The lowest BCUT2D eigenvalue weighted by Gasteiger charge is -2.39. The fourth-order valence-corrected chi connectivity index (χ4v) is 3.73. The highest BCUT2D eigenvalue weighted by Gasteiger charge is 2.65. The quantitative estimate of drug-likeness (QED) is 0.147. The summed E-state index contributed by atoms with van der Waals surface area (Å²) in [6, 6.07) is 14.7. The van der Waals surface area contributed by atoms with Crippen LogP contribution < -0.4 is 5.73 Å². The van der Waals surface area contributed by atoms with Crippen LogP contribution in [0.3, 0.4) is 0 Å². The average molecular weight is 433 g/mol. The molecule has 166 valence electrons. The smallest absolute Gasteiger partial charge is 0.354 e. The molecule has 4 atom stereocenters. The molecule has 0 spiro atoms. The molecular formula is C21H23NO9. The van der Waals surface area contributed by atoms with Crippen LogP contribution >= 0.6 is 0 Å². The van der Waals surface area contributed by atoms with E-state index in [2.05, 4.69) is 0 Å². The summed E-state index contributed by atoms with van der Waals surface area (Å²) in [5.74, 6) is -4.62. The molecule has 3 rings (SSSR count). The normalized spacial score (nSPS) is 18.8. The zero-order chi connectivity index (χ0) is 23.0. The van der Waals surface area contributed by atoms with Gasteiger partial charge in [-0.2, -0.15) is 0 Å². The Morgan fingerprint density at radius 3 is 1.94 bits per heavy atom. The Morgan fingerprint density at radius 1 is 1.00 bits per heavy atom. The van der Waals surface area contributed by atoms with Crippen molar-refractivity contribution in [2.45, 2.75) is 29.5 Å². The van der Waals surface area contributed by atoms with Crippen LogP contribution in [0, 0.1) is 0 Å². The second kappa shape index (κ2) is 8.35. The van der Waals surface area contributed by atoms with E-state index in [0.717, 1.165) is 22.3 Å². The van der Waals surface area contributed by atoms with E-state index in [4.69, 9.17) is 15.6 Å². The lowest BCUT2D eigenvalue weighted by atomic mass is 9.84. The number of rotatable bonds is 8. The molecule has 31 heavy (non-hydrogen) atoms. The van der Waals surface area contributed by atoms with Gasteiger partial charge < -0.3 is 35.4 Å². The third kappa shape index (κ3) is 3.59. The van der Waals surface area contributed by atoms with Gasteiger partial charge >= 0.3 is 17.5 Å². The van der Waals surface area contributed by atoms with Gasteiger partial charge in [-0.25, -0.2) is 9.59 Å². The number of aliphatic carboxylic acids is 1. The van der Waals surface area contributed by atoms with Crippen LogP contribution in [0.5, 0.6) is 0 Å². The van der Waals surface area contributed by atoms with E-state index >= 15 is 0 Å². The van der Waals surface area contributed by atoms with Crippen molar-refractivity contribution in [3.05, 3.63) is 59.7 Å². The van der Waals surface area contributed by atoms with E-state index in [1.165, 1.54) is 0 Å². The summed E-state index contributed by atoms with van der Waals surface area (Å²) in [5, 5.41) is 58.5. The number of ether oxygens (including phenoxy) is 1. The van der Waals surface area contributed by atoms with Crippen LogP contribution in [0.25, 0.3) is 11.1 Å². The van der Waals surface area contributed by atoms with Crippen LogP contribution in [-0.4, -0.2) is 79.3 Å². The number of carboxylic acid groups (broad SMARTS) is 1. The van der Waals surface area contributed by atoms with E-state index in [1.54, 1.807) is 12.1 Å². The summed E-state index contributed by atoms with van der Waals surface area (Å²) >= 11 is 0. The molecular weight excluding hydrogens is 410 g/mol. The highest BCUT2D eigenvalue weighted by molar-refractivity contribution is 6.04. The minimum atomic E-state index is -3.83. The van der Waals surface area contributed by atoms with Crippen molar-refractivity contribution in [1.82, 2.24) is 0 Å². The molecule has 0 saturated carbocycles. The van der Waals surface area contributed by atoms with Gasteiger partial charge in [0.15, 0.2) is 5.72 Å². The first-order valence-corrected chi connectivity index (χ1v) is 9.36. The van der Waals surface area contributed by atoms with Gasteiger partial charge in [0.2, 0.25) is 0 Å². The second-order valence-corrected chi connectivity index (χ2v) is 7.36. The summed E-state index contributed by atoms with van der Waals surface area (Å²) in [4.78, 5) is 24.3. The standard InChI is InChI=1S/C21H23NO9/c22-21(30,17(25)16(24)9-23)20(29,18(26)27)19(28)31-10-15-13-7-3-1-5-11(13)12-6-2-4-8-14(12)15/h1-8,15-17,23-25,29-30H,9-10,22H2,(H,26,27)/t16-,17-,20+,21+/m1/s1. The molecule has 0 heterocycles. The number of aliphatic hydroxyl groups excluding tert-OH is 3. The van der Waals surface area contributed by atoms with E-state index in [1.807, 2.05) is 36.4 Å². The van der Waals surface area contributed by atoms with Crippen LogP contribution in [0.4, 0.5) is 0 Å². The average Bonchev–Trinajstić information content (AvgIpc) is 3.09. The maximum Gasteiger partial charge on any atom is 0.354 e. The third-order valence-corrected chi connectivity index (χ3v) is 5.53. The minimum Gasteiger partial charge on any atom is -0.479 e. The summed E-state index contributed by atoms with van der Waals surface area (Å²) in [6.07, 6.45) is -4.72. The second-order valence-electron chi connectivity index (χ2n) is 7.36. The number of carbonyl (C=O) groups is 2. The molecule has 0 aromatic heterocycles. The number of fused-ring (bicyclic) bond motifs is 3. The van der Waals surface area contributed by atoms with E-state index in [-0.39, 0.29) is 0 Å². The Labute approximate surface area is 176 Å². The number of esters is 1. The summed E-state index contributed by atoms with van der Waals surface area (Å²) in [7, 11) is 0.